The summed E-state index contributed by atoms with van der Waals surface area (Å²) in [5.41, 5.74) is 2.63. The monoisotopic (exact) mass is 307 g/mol. The van der Waals surface area contributed by atoms with Gasteiger partial charge in [0.05, 0.1) is 0 Å². The fourth-order valence-corrected chi connectivity index (χ4v) is 2.33. The van der Waals surface area contributed by atoms with E-state index in [0.717, 1.165) is 11.1 Å². The summed E-state index contributed by atoms with van der Waals surface area (Å²) in [7, 11) is 0. The number of carbonyl (C=O) groups excluding carboxylic acids is 2. The van der Waals surface area contributed by atoms with Crippen molar-refractivity contribution < 1.29 is 9.59 Å². The normalized spacial score (nSPS) is 11.5. The molecule has 0 radical (unpaired) electrons. The molecule has 23 heavy (non-hydrogen) atoms. The summed E-state index contributed by atoms with van der Waals surface area (Å²) in [6, 6.07) is 16.9. The van der Waals surface area contributed by atoms with E-state index in [9.17, 15) is 9.59 Å². The zero-order chi connectivity index (χ0) is 16.7. The number of Topliss-reactive ketones (excluding diaryl/α,β-unsaturated/α-hetero) is 1. The van der Waals surface area contributed by atoms with Crippen LogP contribution in [0.1, 0.15) is 27.9 Å². The SMILES string of the molecule is C=CCC(C(=O)NCc1ccccc1)C(=O)c1ccc(C)cc1. The summed E-state index contributed by atoms with van der Waals surface area (Å²) in [6.07, 6.45) is 1.94. The van der Waals surface area contributed by atoms with Crippen LogP contribution in [0, 0.1) is 12.8 Å². The second-order valence-corrected chi connectivity index (χ2v) is 5.51. The molecule has 1 atom stereocenters. The molecule has 1 unspecified atom stereocenters. The van der Waals surface area contributed by atoms with E-state index in [2.05, 4.69) is 11.9 Å². The van der Waals surface area contributed by atoms with Crippen molar-refractivity contribution in [2.45, 2.75) is 19.9 Å². The number of rotatable bonds is 7. The van der Waals surface area contributed by atoms with Gasteiger partial charge in [0.15, 0.2) is 5.78 Å². The van der Waals surface area contributed by atoms with Crippen molar-refractivity contribution in [3.63, 3.8) is 0 Å². The first-order valence-electron chi connectivity index (χ1n) is 7.65. The second kappa shape index (κ2) is 8.08. The number of hydrogen-bond donors (Lipinski definition) is 1. The van der Waals surface area contributed by atoms with Gasteiger partial charge >= 0.3 is 0 Å². The minimum atomic E-state index is -0.737. The predicted molar refractivity (Wildman–Crippen MR) is 92.1 cm³/mol. The van der Waals surface area contributed by atoms with Gasteiger partial charge in [-0.3, -0.25) is 9.59 Å². The minimum Gasteiger partial charge on any atom is -0.351 e. The molecule has 0 fully saturated rings. The molecule has 0 aromatic heterocycles. The lowest BCUT2D eigenvalue weighted by atomic mass is 9.93. The highest BCUT2D eigenvalue weighted by Crippen LogP contribution is 2.15. The number of amides is 1. The van der Waals surface area contributed by atoms with Gasteiger partial charge < -0.3 is 5.32 Å². The molecule has 0 heterocycles. The highest BCUT2D eigenvalue weighted by molar-refractivity contribution is 6.10. The molecule has 0 saturated heterocycles. The van der Waals surface area contributed by atoms with Crippen LogP contribution >= 0.6 is 0 Å². The molecule has 2 aromatic carbocycles. The average Bonchev–Trinajstić information content (AvgIpc) is 2.58. The molecule has 2 rings (SSSR count). The number of carbonyl (C=O) groups is 2. The lowest BCUT2D eigenvalue weighted by Gasteiger charge is -2.14. The smallest absolute Gasteiger partial charge is 0.231 e. The van der Waals surface area contributed by atoms with Gasteiger partial charge in [-0.25, -0.2) is 0 Å². The Hall–Kier alpha value is -2.68. The molecule has 0 aliphatic heterocycles. The summed E-state index contributed by atoms with van der Waals surface area (Å²) >= 11 is 0. The molecule has 0 aliphatic rings. The van der Waals surface area contributed by atoms with Gasteiger partial charge in [0.25, 0.3) is 0 Å². The van der Waals surface area contributed by atoms with Crippen molar-refractivity contribution in [3.05, 3.63) is 83.9 Å². The van der Waals surface area contributed by atoms with Crippen LogP contribution in [0.3, 0.4) is 0 Å². The van der Waals surface area contributed by atoms with Crippen LogP contribution in [0.15, 0.2) is 67.3 Å². The third kappa shape index (κ3) is 4.65. The number of ketones is 1. The first-order chi connectivity index (χ1) is 11.1. The molecule has 0 bridgehead atoms. The minimum absolute atomic E-state index is 0.171. The third-order valence-corrected chi connectivity index (χ3v) is 3.68. The van der Waals surface area contributed by atoms with Crippen LogP contribution in [0.2, 0.25) is 0 Å². The van der Waals surface area contributed by atoms with Crippen LogP contribution in [-0.2, 0) is 11.3 Å². The molecule has 1 N–H and O–H groups in total. The highest BCUT2D eigenvalue weighted by Gasteiger charge is 2.26. The summed E-state index contributed by atoms with van der Waals surface area (Å²) in [5.74, 6) is -1.17. The molecule has 1 amide bonds. The maximum absolute atomic E-state index is 12.6. The van der Waals surface area contributed by atoms with Crippen molar-refractivity contribution in [2.75, 3.05) is 0 Å². The topological polar surface area (TPSA) is 46.2 Å². The maximum atomic E-state index is 12.6. The van der Waals surface area contributed by atoms with Crippen molar-refractivity contribution in [1.29, 1.82) is 0 Å². The molecule has 118 valence electrons. The Morgan fingerprint density at radius 1 is 1.09 bits per heavy atom. The fourth-order valence-electron chi connectivity index (χ4n) is 2.33. The van der Waals surface area contributed by atoms with Gasteiger partial charge in [0.2, 0.25) is 5.91 Å². The quantitative estimate of drug-likeness (QED) is 0.482. The molecule has 0 saturated carbocycles. The lowest BCUT2D eigenvalue weighted by molar-refractivity contribution is -0.123. The summed E-state index contributed by atoms with van der Waals surface area (Å²) < 4.78 is 0. The van der Waals surface area contributed by atoms with Crippen molar-refractivity contribution in [1.82, 2.24) is 5.32 Å². The van der Waals surface area contributed by atoms with Gasteiger partial charge in [-0.2, -0.15) is 0 Å². The van der Waals surface area contributed by atoms with E-state index in [-0.39, 0.29) is 11.7 Å². The fraction of sp³-hybridized carbons (Fsp3) is 0.200. The largest absolute Gasteiger partial charge is 0.351 e. The number of allylic oxidation sites excluding steroid dienone is 1. The van der Waals surface area contributed by atoms with E-state index < -0.39 is 5.92 Å². The van der Waals surface area contributed by atoms with Crippen LogP contribution in [0.4, 0.5) is 0 Å². The second-order valence-electron chi connectivity index (χ2n) is 5.51. The van der Waals surface area contributed by atoms with Crippen molar-refractivity contribution in [2.24, 2.45) is 5.92 Å². The number of benzene rings is 2. The Bertz CT molecular complexity index is 675. The van der Waals surface area contributed by atoms with E-state index in [0.29, 0.717) is 18.5 Å². The first-order valence-corrected chi connectivity index (χ1v) is 7.65. The standard InChI is InChI=1S/C20H21NO2/c1-3-7-18(19(22)17-12-10-15(2)11-13-17)20(23)21-14-16-8-5-4-6-9-16/h3-6,8-13,18H,1,7,14H2,2H3,(H,21,23). The Labute approximate surface area is 137 Å². The third-order valence-electron chi connectivity index (χ3n) is 3.68. The summed E-state index contributed by atoms with van der Waals surface area (Å²) in [6.45, 7) is 6.03. The Morgan fingerprint density at radius 2 is 1.74 bits per heavy atom. The molecule has 3 nitrogen and oxygen atoms in total. The molecule has 2 aromatic rings. The van der Waals surface area contributed by atoms with Crippen molar-refractivity contribution >= 4 is 11.7 Å². The highest BCUT2D eigenvalue weighted by atomic mass is 16.2. The van der Waals surface area contributed by atoms with Crippen molar-refractivity contribution in [3.8, 4) is 0 Å². The van der Waals surface area contributed by atoms with Crippen LogP contribution in [-0.4, -0.2) is 11.7 Å². The van der Waals surface area contributed by atoms with E-state index in [4.69, 9.17) is 0 Å². The Balaban J connectivity index is 2.07. The molecule has 0 spiro atoms. The molecule has 3 heteroatoms. The molecular weight excluding hydrogens is 286 g/mol. The van der Waals surface area contributed by atoms with Gasteiger partial charge in [-0.15, -0.1) is 6.58 Å². The van der Waals surface area contributed by atoms with Gasteiger partial charge in [0, 0.05) is 12.1 Å². The molecular formula is C20H21NO2. The predicted octanol–water partition coefficient (Wildman–Crippen LogP) is 3.69. The van der Waals surface area contributed by atoms with Gasteiger partial charge in [0.1, 0.15) is 5.92 Å². The maximum Gasteiger partial charge on any atom is 0.231 e. The number of nitrogens with one attached hydrogen (secondary N) is 1. The zero-order valence-corrected chi connectivity index (χ0v) is 13.3. The van der Waals surface area contributed by atoms with E-state index in [1.54, 1.807) is 18.2 Å². The Morgan fingerprint density at radius 3 is 2.35 bits per heavy atom. The van der Waals surface area contributed by atoms with E-state index in [1.165, 1.54) is 0 Å². The number of hydrogen-bond acceptors (Lipinski definition) is 2. The average molecular weight is 307 g/mol. The van der Waals surface area contributed by atoms with E-state index >= 15 is 0 Å². The van der Waals surface area contributed by atoms with Crippen LogP contribution in [0.25, 0.3) is 0 Å². The van der Waals surface area contributed by atoms with Gasteiger partial charge in [-0.05, 0) is 18.9 Å². The summed E-state index contributed by atoms with van der Waals surface area (Å²) in [4.78, 5) is 25.0. The zero-order valence-electron chi connectivity index (χ0n) is 13.3. The molecule has 0 aliphatic carbocycles. The first kappa shape index (κ1) is 16.7. The Kier molecular flexibility index (Phi) is 5.87. The van der Waals surface area contributed by atoms with Crippen LogP contribution in [0.5, 0.6) is 0 Å². The van der Waals surface area contributed by atoms with Crippen LogP contribution < -0.4 is 5.32 Å². The van der Waals surface area contributed by atoms with Gasteiger partial charge in [-0.1, -0.05) is 66.2 Å². The van der Waals surface area contributed by atoms with E-state index in [1.807, 2.05) is 49.4 Å². The summed E-state index contributed by atoms with van der Waals surface area (Å²) in [5, 5.41) is 2.84. The lowest BCUT2D eigenvalue weighted by Crippen LogP contribution is -2.35. The number of aryl methyl sites for hydroxylation is 1.